The molecule has 0 fully saturated rings. The minimum atomic E-state index is -0.215. The van der Waals surface area contributed by atoms with Gasteiger partial charge >= 0.3 is 0 Å². The number of rotatable bonds is 7. The number of carbonyl (C=O) groups is 1. The smallest absolute Gasteiger partial charge is 0.257 e. The number of nitriles is 1. The summed E-state index contributed by atoms with van der Waals surface area (Å²) in [7, 11) is 1.91. The molecule has 0 bridgehead atoms. The number of nitrogens with zero attached hydrogens (tertiary/aromatic N) is 1. The van der Waals surface area contributed by atoms with Gasteiger partial charge in [0.2, 0.25) is 0 Å². The predicted molar refractivity (Wildman–Crippen MR) is 77.4 cm³/mol. The van der Waals surface area contributed by atoms with Crippen LogP contribution in [0.15, 0.2) is 18.2 Å². The second-order valence-corrected chi connectivity index (χ2v) is 4.58. The van der Waals surface area contributed by atoms with Crippen molar-refractivity contribution in [2.45, 2.75) is 26.3 Å². The maximum atomic E-state index is 11.5. The van der Waals surface area contributed by atoms with Crippen molar-refractivity contribution < 1.29 is 9.53 Å². The fourth-order valence-electron chi connectivity index (χ4n) is 1.72. The average molecular weight is 275 g/mol. The van der Waals surface area contributed by atoms with E-state index in [-0.39, 0.29) is 18.6 Å². The molecule has 5 heteroatoms. The van der Waals surface area contributed by atoms with Crippen LogP contribution < -0.4 is 15.4 Å². The van der Waals surface area contributed by atoms with Crippen LogP contribution in [-0.4, -0.2) is 26.1 Å². The molecule has 2 N–H and O–H groups in total. The van der Waals surface area contributed by atoms with Gasteiger partial charge < -0.3 is 15.4 Å². The van der Waals surface area contributed by atoms with Crippen LogP contribution in [0, 0.1) is 18.3 Å². The SMILES string of the molecule is CNC(C)c1ccc(OCC(=O)NCCC#N)c(C)c1. The first-order valence-electron chi connectivity index (χ1n) is 6.62. The van der Waals surface area contributed by atoms with Crippen molar-refractivity contribution in [3.8, 4) is 11.8 Å². The van der Waals surface area contributed by atoms with Gasteiger partial charge in [-0.05, 0) is 38.1 Å². The summed E-state index contributed by atoms with van der Waals surface area (Å²) in [6.45, 7) is 4.36. The fraction of sp³-hybridized carbons (Fsp3) is 0.467. The molecule has 0 saturated carbocycles. The standard InChI is InChI=1S/C15H21N3O2/c1-11-9-13(12(2)17-3)5-6-14(11)20-10-15(19)18-8-4-7-16/h5-6,9,12,17H,4,8,10H2,1-3H3,(H,18,19). The van der Waals surface area contributed by atoms with E-state index in [0.717, 1.165) is 5.56 Å². The lowest BCUT2D eigenvalue weighted by molar-refractivity contribution is -0.123. The maximum absolute atomic E-state index is 11.5. The van der Waals surface area contributed by atoms with Crippen LogP contribution in [0.4, 0.5) is 0 Å². The molecule has 1 unspecified atom stereocenters. The minimum absolute atomic E-state index is 0.0345. The Labute approximate surface area is 119 Å². The summed E-state index contributed by atoms with van der Waals surface area (Å²) in [6, 6.07) is 8.15. The highest BCUT2D eigenvalue weighted by Crippen LogP contribution is 2.22. The molecule has 1 atom stereocenters. The molecular formula is C15H21N3O2. The van der Waals surface area contributed by atoms with Gasteiger partial charge in [-0.2, -0.15) is 5.26 Å². The zero-order valence-electron chi connectivity index (χ0n) is 12.2. The van der Waals surface area contributed by atoms with Crippen LogP contribution in [0.25, 0.3) is 0 Å². The zero-order chi connectivity index (χ0) is 15.0. The summed E-state index contributed by atoms with van der Waals surface area (Å²) >= 11 is 0. The Morgan fingerprint density at radius 1 is 1.50 bits per heavy atom. The molecule has 0 heterocycles. The molecule has 1 aromatic rings. The Balaban J connectivity index is 2.52. The molecule has 0 aromatic heterocycles. The number of ether oxygens (including phenoxy) is 1. The lowest BCUT2D eigenvalue weighted by Gasteiger charge is -2.14. The quantitative estimate of drug-likeness (QED) is 0.743. The summed E-state index contributed by atoms with van der Waals surface area (Å²) in [5.41, 5.74) is 2.17. The van der Waals surface area contributed by atoms with E-state index in [9.17, 15) is 4.79 Å². The molecular weight excluding hydrogens is 254 g/mol. The van der Waals surface area contributed by atoms with E-state index in [1.165, 1.54) is 5.56 Å². The van der Waals surface area contributed by atoms with Crippen molar-refractivity contribution in [2.24, 2.45) is 0 Å². The first-order valence-corrected chi connectivity index (χ1v) is 6.62. The van der Waals surface area contributed by atoms with Gasteiger partial charge in [0.25, 0.3) is 5.91 Å². The molecule has 0 spiro atoms. The van der Waals surface area contributed by atoms with Gasteiger partial charge in [-0.15, -0.1) is 0 Å². The van der Waals surface area contributed by atoms with E-state index >= 15 is 0 Å². The Morgan fingerprint density at radius 3 is 2.85 bits per heavy atom. The monoisotopic (exact) mass is 275 g/mol. The lowest BCUT2D eigenvalue weighted by atomic mass is 10.1. The number of aryl methyl sites for hydroxylation is 1. The van der Waals surface area contributed by atoms with E-state index in [2.05, 4.69) is 17.6 Å². The molecule has 20 heavy (non-hydrogen) atoms. The predicted octanol–water partition coefficient (Wildman–Crippen LogP) is 1.68. The lowest BCUT2D eigenvalue weighted by Crippen LogP contribution is -2.29. The van der Waals surface area contributed by atoms with E-state index in [0.29, 0.717) is 18.7 Å². The number of nitrogens with one attached hydrogen (secondary N) is 2. The van der Waals surface area contributed by atoms with E-state index < -0.39 is 0 Å². The number of amides is 1. The van der Waals surface area contributed by atoms with Gasteiger partial charge in [-0.1, -0.05) is 12.1 Å². The maximum Gasteiger partial charge on any atom is 0.257 e. The van der Waals surface area contributed by atoms with Crippen molar-refractivity contribution >= 4 is 5.91 Å². The highest BCUT2D eigenvalue weighted by Gasteiger charge is 2.07. The van der Waals surface area contributed by atoms with E-state index in [1.807, 2.05) is 38.2 Å². The Hall–Kier alpha value is -2.06. The summed E-state index contributed by atoms with van der Waals surface area (Å²) in [5.74, 6) is 0.486. The second kappa shape index (κ2) is 8.18. The minimum Gasteiger partial charge on any atom is -0.484 e. The van der Waals surface area contributed by atoms with E-state index in [4.69, 9.17) is 10.00 Å². The van der Waals surface area contributed by atoms with Crippen LogP contribution in [-0.2, 0) is 4.79 Å². The van der Waals surface area contributed by atoms with Crippen LogP contribution in [0.1, 0.15) is 30.5 Å². The molecule has 0 radical (unpaired) electrons. The Kier molecular flexibility index (Phi) is 6.54. The number of carbonyl (C=O) groups excluding carboxylic acids is 1. The van der Waals surface area contributed by atoms with Gasteiger partial charge in [0.1, 0.15) is 5.75 Å². The third-order valence-electron chi connectivity index (χ3n) is 3.05. The molecule has 5 nitrogen and oxygen atoms in total. The number of hydrogen-bond donors (Lipinski definition) is 2. The number of hydrogen-bond acceptors (Lipinski definition) is 4. The van der Waals surface area contributed by atoms with Gasteiger partial charge in [0, 0.05) is 12.6 Å². The Morgan fingerprint density at radius 2 is 2.25 bits per heavy atom. The van der Waals surface area contributed by atoms with Gasteiger partial charge in [0.05, 0.1) is 12.5 Å². The molecule has 0 aliphatic carbocycles. The summed E-state index contributed by atoms with van der Waals surface area (Å²) in [4.78, 5) is 11.5. The molecule has 108 valence electrons. The largest absolute Gasteiger partial charge is 0.484 e. The van der Waals surface area contributed by atoms with Crippen LogP contribution >= 0.6 is 0 Å². The molecule has 0 saturated heterocycles. The first kappa shape index (κ1) is 16.0. The van der Waals surface area contributed by atoms with Crippen molar-refractivity contribution in [1.82, 2.24) is 10.6 Å². The molecule has 0 aliphatic heterocycles. The third kappa shape index (κ3) is 4.90. The summed E-state index contributed by atoms with van der Waals surface area (Å²) < 4.78 is 5.48. The van der Waals surface area contributed by atoms with Crippen molar-refractivity contribution in [3.63, 3.8) is 0 Å². The molecule has 0 aliphatic rings. The topological polar surface area (TPSA) is 74.2 Å². The van der Waals surface area contributed by atoms with Gasteiger partial charge in [0.15, 0.2) is 6.61 Å². The van der Waals surface area contributed by atoms with Crippen molar-refractivity contribution in [1.29, 1.82) is 5.26 Å². The highest BCUT2D eigenvalue weighted by atomic mass is 16.5. The highest BCUT2D eigenvalue weighted by molar-refractivity contribution is 5.77. The zero-order valence-corrected chi connectivity index (χ0v) is 12.2. The average Bonchev–Trinajstić information content (AvgIpc) is 2.45. The first-order chi connectivity index (χ1) is 9.58. The van der Waals surface area contributed by atoms with Crippen LogP contribution in [0.3, 0.4) is 0 Å². The van der Waals surface area contributed by atoms with Gasteiger partial charge in [-0.3, -0.25) is 4.79 Å². The van der Waals surface area contributed by atoms with Gasteiger partial charge in [-0.25, -0.2) is 0 Å². The normalized spacial score (nSPS) is 11.5. The van der Waals surface area contributed by atoms with Crippen molar-refractivity contribution in [2.75, 3.05) is 20.2 Å². The van der Waals surface area contributed by atoms with Crippen LogP contribution in [0.5, 0.6) is 5.75 Å². The number of benzene rings is 1. The van der Waals surface area contributed by atoms with Crippen LogP contribution in [0.2, 0.25) is 0 Å². The fourth-order valence-corrected chi connectivity index (χ4v) is 1.72. The second-order valence-electron chi connectivity index (χ2n) is 4.58. The summed E-state index contributed by atoms with van der Waals surface area (Å²) in [6.07, 6.45) is 0.307. The molecule has 1 aromatic carbocycles. The Bertz CT molecular complexity index is 494. The molecule has 1 rings (SSSR count). The third-order valence-corrected chi connectivity index (χ3v) is 3.05. The molecule has 1 amide bonds. The van der Waals surface area contributed by atoms with Crippen molar-refractivity contribution in [3.05, 3.63) is 29.3 Å². The summed E-state index contributed by atoms with van der Waals surface area (Å²) in [5, 5.41) is 14.2. The van der Waals surface area contributed by atoms with E-state index in [1.54, 1.807) is 0 Å².